The minimum Gasteiger partial charge on any atom is -0.497 e. The van der Waals surface area contributed by atoms with Gasteiger partial charge in [0.25, 0.3) is 5.91 Å². The average molecular weight is 335 g/mol. The number of aromatic nitrogens is 2. The molecule has 5 nitrogen and oxygen atoms in total. The molecule has 3 rings (SSSR count). The number of methoxy groups -OCH3 is 1. The Hall–Kier alpha value is -3.08. The lowest BCUT2D eigenvalue weighted by atomic mass is 10.1. The van der Waals surface area contributed by atoms with Gasteiger partial charge in [0.15, 0.2) is 0 Å². The second-order valence-corrected chi connectivity index (χ2v) is 5.69. The highest BCUT2D eigenvalue weighted by Gasteiger charge is 2.20. The number of nitrogens with one attached hydrogen (secondary N) is 1. The van der Waals surface area contributed by atoms with E-state index >= 15 is 0 Å². The Bertz CT molecular complexity index is 826. The van der Waals surface area contributed by atoms with Crippen LogP contribution in [0.5, 0.6) is 5.75 Å². The van der Waals surface area contributed by atoms with Crippen molar-refractivity contribution in [2.75, 3.05) is 13.7 Å². The molecule has 128 valence electrons. The van der Waals surface area contributed by atoms with Crippen LogP contribution in [-0.2, 0) is 6.54 Å². The van der Waals surface area contributed by atoms with Crippen LogP contribution in [0.4, 0.5) is 0 Å². The summed E-state index contributed by atoms with van der Waals surface area (Å²) in [6.07, 6.45) is 1.59. The Morgan fingerprint density at radius 3 is 2.48 bits per heavy atom. The summed E-state index contributed by atoms with van der Waals surface area (Å²) in [4.78, 5) is 14.8. The van der Waals surface area contributed by atoms with Crippen molar-refractivity contribution < 1.29 is 9.53 Å². The van der Waals surface area contributed by atoms with Crippen LogP contribution in [0.15, 0.2) is 60.8 Å². The Morgan fingerprint density at radius 1 is 1.12 bits per heavy atom. The molecule has 3 aromatic rings. The molecule has 2 aromatic carbocycles. The SMILES string of the molecule is CCN(Cc1ccccc1)C(=O)c1cn[nH]c1-c1ccc(OC)cc1. The summed E-state index contributed by atoms with van der Waals surface area (Å²) >= 11 is 0. The first-order valence-corrected chi connectivity index (χ1v) is 8.24. The summed E-state index contributed by atoms with van der Waals surface area (Å²) in [6.45, 7) is 3.18. The smallest absolute Gasteiger partial charge is 0.257 e. The number of nitrogens with zero attached hydrogens (tertiary/aromatic N) is 2. The van der Waals surface area contributed by atoms with Crippen molar-refractivity contribution >= 4 is 5.91 Å². The normalized spacial score (nSPS) is 10.5. The predicted molar refractivity (Wildman–Crippen MR) is 97.4 cm³/mol. The Kier molecular flexibility index (Phi) is 5.14. The van der Waals surface area contributed by atoms with Gasteiger partial charge in [0, 0.05) is 18.7 Å². The molecule has 0 spiro atoms. The van der Waals surface area contributed by atoms with Crippen LogP contribution < -0.4 is 4.74 Å². The number of carbonyl (C=O) groups excluding carboxylic acids is 1. The fraction of sp³-hybridized carbons (Fsp3) is 0.200. The molecule has 0 aliphatic carbocycles. The third-order valence-corrected chi connectivity index (χ3v) is 4.13. The van der Waals surface area contributed by atoms with Crippen LogP contribution in [0.25, 0.3) is 11.3 Å². The van der Waals surface area contributed by atoms with E-state index in [1.165, 1.54) is 0 Å². The summed E-state index contributed by atoms with van der Waals surface area (Å²) in [5.74, 6) is 0.737. The first-order chi connectivity index (χ1) is 12.2. The minimum absolute atomic E-state index is 0.0362. The molecule has 1 amide bonds. The van der Waals surface area contributed by atoms with E-state index in [2.05, 4.69) is 10.2 Å². The number of rotatable bonds is 6. The molecule has 0 aliphatic heterocycles. The topological polar surface area (TPSA) is 58.2 Å². The van der Waals surface area contributed by atoms with E-state index in [1.54, 1.807) is 13.3 Å². The maximum atomic E-state index is 13.0. The van der Waals surface area contributed by atoms with Gasteiger partial charge in [0.1, 0.15) is 5.75 Å². The van der Waals surface area contributed by atoms with E-state index in [0.29, 0.717) is 18.7 Å². The number of hydrogen-bond acceptors (Lipinski definition) is 3. The molecule has 25 heavy (non-hydrogen) atoms. The Morgan fingerprint density at radius 2 is 1.84 bits per heavy atom. The van der Waals surface area contributed by atoms with Gasteiger partial charge in [-0.25, -0.2) is 0 Å². The van der Waals surface area contributed by atoms with Gasteiger partial charge in [-0.2, -0.15) is 5.10 Å². The summed E-state index contributed by atoms with van der Waals surface area (Å²) in [5.41, 5.74) is 3.30. The number of benzene rings is 2. The van der Waals surface area contributed by atoms with E-state index in [0.717, 1.165) is 22.6 Å². The van der Waals surface area contributed by atoms with Crippen molar-refractivity contribution in [1.29, 1.82) is 0 Å². The van der Waals surface area contributed by atoms with Gasteiger partial charge in [0.05, 0.1) is 24.6 Å². The van der Waals surface area contributed by atoms with Crippen molar-refractivity contribution in [3.63, 3.8) is 0 Å². The van der Waals surface area contributed by atoms with Crippen molar-refractivity contribution in [1.82, 2.24) is 15.1 Å². The quantitative estimate of drug-likeness (QED) is 0.746. The molecule has 0 radical (unpaired) electrons. The second-order valence-electron chi connectivity index (χ2n) is 5.69. The number of carbonyl (C=O) groups is 1. The van der Waals surface area contributed by atoms with E-state index in [-0.39, 0.29) is 5.91 Å². The van der Waals surface area contributed by atoms with Crippen molar-refractivity contribution in [2.45, 2.75) is 13.5 Å². The first kappa shape index (κ1) is 16.8. The molecule has 5 heteroatoms. The highest BCUT2D eigenvalue weighted by Crippen LogP contribution is 2.25. The van der Waals surface area contributed by atoms with Gasteiger partial charge in [-0.3, -0.25) is 9.89 Å². The Labute approximate surface area is 147 Å². The van der Waals surface area contributed by atoms with Crippen molar-refractivity contribution in [2.24, 2.45) is 0 Å². The lowest BCUT2D eigenvalue weighted by molar-refractivity contribution is 0.0753. The number of aromatic amines is 1. The maximum Gasteiger partial charge on any atom is 0.257 e. The van der Waals surface area contributed by atoms with Gasteiger partial charge in [-0.1, -0.05) is 30.3 Å². The summed E-state index contributed by atoms with van der Waals surface area (Å²) in [6, 6.07) is 17.5. The minimum atomic E-state index is -0.0362. The summed E-state index contributed by atoms with van der Waals surface area (Å²) in [7, 11) is 1.63. The van der Waals surface area contributed by atoms with Crippen molar-refractivity contribution in [3.05, 3.63) is 71.9 Å². The van der Waals surface area contributed by atoms with Crippen LogP contribution in [0, 0.1) is 0 Å². The molecule has 0 aliphatic rings. The van der Waals surface area contributed by atoms with Gasteiger partial charge < -0.3 is 9.64 Å². The fourth-order valence-corrected chi connectivity index (χ4v) is 2.73. The number of hydrogen-bond donors (Lipinski definition) is 1. The van der Waals surface area contributed by atoms with Crippen LogP contribution in [0.3, 0.4) is 0 Å². The molecule has 0 atom stereocenters. The largest absolute Gasteiger partial charge is 0.497 e. The lowest BCUT2D eigenvalue weighted by Crippen LogP contribution is -2.30. The summed E-state index contributed by atoms with van der Waals surface area (Å²) < 4.78 is 5.19. The van der Waals surface area contributed by atoms with Gasteiger partial charge in [-0.15, -0.1) is 0 Å². The maximum absolute atomic E-state index is 13.0. The van der Waals surface area contributed by atoms with Gasteiger partial charge in [0.2, 0.25) is 0 Å². The molecular formula is C20H21N3O2. The highest BCUT2D eigenvalue weighted by atomic mass is 16.5. The molecule has 1 heterocycles. The first-order valence-electron chi connectivity index (χ1n) is 8.24. The zero-order valence-electron chi connectivity index (χ0n) is 14.4. The van der Waals surface area contributed by atoms with E-state index in [1.807, 2.05) is 66.4 Å². The third-order valence-electron chi connectivity index (χ3n) is 4.13. The van der Waals surface area contributed by atoms with E-state index in [9.17, 15) is 4.79 Å². The zero-order chi connectivity index (χ0) is 17.6. The molecule has 0 saturated carbocycles. The molecule has 0 saturated heterocycles. The number of amides is 1. The van der Waals surface area contributed by atoms with Crippen LogP contribution in [0.1, 0.15) is 22.8 Å². The second kappa shape index (κ2) is 7.66. The average Bonchev–Trinajstić information content (AvgIpc) is 3.16. The molecule has 0 bridgehead atoms. The zero-order valence-corrected chi connectivity index (χ0v) is 14.4. The van der Waals surface area contributed by atoms with Gasteiger partial charge >= 0.3 is 0 Å². The molecule has 0 fully saturated rings. The molecule has 0 unspecified atom stereocenters. The Balaban J connectivity index is 1.85. The lowest BCUT2D eigenvalue weighted by Gasteiger charge is -2.21. The highest BCUT2D eigenvalue weighted by molar-refractivity contribution is 5.99. The van der Waals surface area contributed by atoms with Crippen LogP contribution in [-0.4, -0.2) is 34.7 Å². The van der Waals surface area contributed by atoms with Crippen LogP contribution >= 0.6 is 0 Å². The predicted octanol–water partition coefficient (Wildman–Crippen LogP) is 3.75. The van der Waals surface area contributed by atoms with Crippen LogP contribution in [0.2, 0.25) is 0 Å². The van der Waals surface area contributed by atoms with Crippen molar-refractivity contribution in [3.8, 4) is 17.0 Å². The van der Waals surface area contributed by atoms with Gasteiger partial charge in [-0.05, 0) is 36.8 Å². The third kappa shape index (κ3) is 3.71. The standard InChI is InChI=1S/C20H21N3O2/c1-3-23(14-15-7-5-4-6-8-15)20(24)18-13-21-22-19(18)16-9-11-17(25-2)12-10-16/h4-13H,3,14H2,1-2H3,(H,21,22). The molecular weight excluding hydrogens is 314 g/mol. The number of ether oxygens (including phenoxy) is 1. The van der Waals surface area contributed by atoms with E-state index < -0.39 is 0 Å². The monoisotopic (exact) mass is 335 g/mol. The molecule has 1 aromatic heterocycles. The summed E-state index contributed by atoms with van der Waals surface area (Å²) in [5, 5.41) is 7.03. The molecule has 1 N–H and O–H groups in total. The fourth-order valence-electron chi connectivity index (χ4n) is 2.73. The van der Waals surface area contributed by atoms with E-state index in [4.69, 9.17) is 4.74 Å². The number of H-pyrrole nitrogens is 1.